The summed E-state index contributed by atoms with van der Waals surface area (Å²) in [6.07, 6.45) is 6.68. The van der Waals surface area contributed by atoms with Crippen molar-refractivity contribution in [2.45, 2.75) is 26.5 Å². The average Bonchev–Trinajstić information content (AvgIpc) is 3.15. The lowest BCUT2D eigenvalue weighted by Gasteiger charge is -2.11. The van der Waals surface area contributed by atoms with E-state index in [2.05, 4.69) is 39.1 Å². The van der Waals surface area contributed by atoms with Gasteiger partial charge in [-0.3, -0.25) is 9.55 Å². The summed E-state index contributed by atoms with van der Waals surface area (Å²) >= 11 is 6.36. The zero-order valence-corrected chi connectivity index (χ0v) is 18.9. The number of nitrogens with two attached hydrogens (primary N) is 1. The third-order valence-electron chi connectivity index (χ3n) is 5.13. The van der Waals surface area contributed by atoms with Crippen molar-refractivity contribution in [1.29, 1.82) is 0 Å². The quantitative estimate of drug-likeness (QED) is 0.368. The maximum atomic E-state index is 6.36. The number of halogens is 1. The van der Waals surface area contributed by atoms with E-state index >= 15 is 0 Å². The monoisotopic (exact) mass is 459 g/mol. The largest absolute Gasteiger partial charge is 0.489 e. The highest BCUT2D eigenvalue weighted by Gasteiger charge is 2.14. The third-order valence-corrected chi connectivity index (χ3v) is 5.42. The van der Waals surface area contributed by atoms with E-state index in [1.807, 2.05) is 41.0 Å². The summed E-state index contributed by atoms with van der Waals surface area (Å²) in [5, 5.41) is 5.49. The molecule has 9 heteroatoms. The SMILES string of the molecule is CC(C)Nc1ccc2ccc(OCc3cncc(-n4cc(Cl)c5c(N)ncnc54)c3)cc2n1. The highest BCUT2D eigenvalue weighted by molar-refractivity contribution is 6.36. The molecule has 0 saturated heterocycles. The molecule has 0 atom stereocenters. The molecule has 166 valence electrons. The van der Waals surface area contributed by atoms with E-state index in [1.165, 1.54) is 6.33 Å². The minimum absolute atomic E-state index is 0.310. The van der Waals surface area contributed by atoms with Gasteiger partial charge < -0.3 is 15.8 Å². The van der Waals surface area contributed by atoms with Crippen LogP contribution in [-0.4, -0.2) is 30.5 Å². The Kier molecular flexibility index (Phi) is 5.43. The second kappa shape index (κ2) is 8.55. The molecule has 0 spiro atoms. The smallest absolute Gasteiger partial charge is 0.151 e. The van der Waals surface area contributed by atoms with Crippen LogP contribution < -0.4 is 15.8 Å². The first-order valence-corrected chi connectivity index (χ1v) is 10.9. The molecule has 4 aromatic heterocycles. The summed E-state index contributed by atoms with van der Waals surface area (Å²) in [5.74, 6) is 1.92. The van der Waals surface area contributed by atoms with Gasteiger partial charge in [0.1, 0.15) is 30.3 Å². The number of nitrogens with zero attached hydrogens (tertiary/aromatic N) is 5. The molecule has 0 bridgehead atoms. The Morgan fingerprint density at radius 1 is 1.12 bits per heavy atom. The van der Waals surface area contributed by atoms with Gasteiger partial charge in [-0.15, -0.1) is 0 Å². The third kappa shape index (κ3) is 4.25. The molecule has 0 amide bonds. The number of hydrogen-bond donors (Lipinski definition) is 2. The van der Waals surface area contributed by atoms with E-state index in [4.69, 9.17) is 22.1 Å². The highest BCUT2D eigenvalue weighted by Crippen LogP contribution is 2.30. The number of fused-ring (bicyclic) bond motifs is 2. The number of nitrogen functional groups attached to an aromatic ring is 1. The molecule has 1 aromatic carbocycles. The van der Waals surface area contributed by atoms with Crippen LogP contribution in [0.3, 0.4) is 0 Å². The number of pyridine rings is 2. The number of benzene rings is 1. The summed E-state index contributed by atoms with van der Waals surface area (Å²) in [7, 11) is 0. The molecule has 0 radical (unpaired) electrons. The molecule has 33 heavy (non-hydrogen) atoms. The predicted octanol–water partition coefficient (Wildman–Crippen LogP) is 5.00. The van der Waals surface area contributed by atoms with Gasteiger partial charge >= 0.3 is 0 Å². The lowest BCUT2D eigenvalue weighted by Crippen LogP contribution is -2.10. The molecule has 0 aliphatic heterocycles. The molecular formula is C24H22ClN7O. The number of rotatable bonds is 6. The molecule has 5 rings (SSSR count). The standard InChI is InChI=1S/C24H22ClN7O/c1-14(2)30-21-6-4-16-3-5-18(8-20(16)31-21)33-12-15-7-17(10-27-9-15)32-11-19(25)22-23(26)28-13-29-24(22)32/h3-11,13-14H,12H2,1-2H3,(H,30,31)(H2,26,28,29). The Morgan fingerprint density at radius 2 is 1.97 bits per heavy atom. The van der Waals surface area contributed by atoms with Crippen LogP contribution in [0.1, 0.15) is 19.4 Å². The van der Waals surface area contributed by atoms with E-state index in [0.717, 1.165) is 33.7 Å². The van der Waals surface area contributed by atoms with Crippen molar-refractivity contribution in [3.05, 3.63) is 71.9 Å². The van der Waals surface area contributed by atoms with E-state index in [0.29, 0.717) is 34.5 Å². The number of ether oxygens (including phenoxy) is 1. The molecule has 0 unspecified atom stereocenters. The van der Waals surface area contributed by atoms with Crippen LogP contribution >= 0.6 is 11.6 Å². The molecule has 0 saturated carbocycles. The molecule has 4 heterocycles. The fourth-order valence-electron chi connectivity index (χ4n) is 3.65. The molecule has 0 aliphatic rings. The van der Waals surface area contributed by atoms with Crippen molar-refractivity contribution in [3.63, 3.8) is 0 Å². The summed E-state index contributed by atoms with van der Waals surface area (Å²) in [4.78, 5) is 17.4. The van der Waals surface area contributed by atoms with Crippen LogP contribution in [0.2, 0.25) is 5.02 Å². The lowest BCUT2D eigenvalue weighted by molar-refractivity contribution is 0.306. The summed E-state index contributed by atoms with van der Waals surface area (Å²) in [6, 6.07) is 12.2. The van der Waals surface area contributed by atoms with Gasteiger partial charge in [-0.2, -0.15) is 0 Å². The Balaban J connectivity index is 1.39. The van der Waals surface area contributed by atoms with Crippen LogP contribution in [0.25, 0.3) is 27.6 Å². The van der Waals surface area contributed by atoms with Gasteiger partial charge in [-0.1, -0.05) is 11.6 Å². The highest BCUT2D eigenvalue weighted by atomic mass is 35.5. The number of hydrogen-bond acceptors (Lipinski definition) is 7. The van der Waals surface area contributed by atoms with Crippen molar-refractivity contribution < 1.29 is 4.74 Å². The van der Waals surface area contributed by atoms with Gasteiger partial charge in [-0.25, -0.2) is 15.0 Å². The second-order valence-corrected chi connectivity index (χ2v) is 8.40. The predicted molar refractivity (Wildman–Crippen MR) is 131 cm³/mol. The zero-order valence-electron chi connectivity index (χ0n) is 18.2. The average molecular weight is 460 g/mol. The van der Waals surface area contributed by atoms with Crippen molar-refractivity contribution in [2.75, 3.05) is 11.1 Å². The Bertz CT molecular complexity index is 1460. The van der Waals surface area contributed by atoms with Gasteiger partial charge in [0.15, 0.2) is 5.65 Å². The second-order valence-electron chi connectivity index (χ2n) is 7.99. The minimum atomic E-state index is 0.310. The van der Waals surface area contributed by atoms with Crippen LogP contribution in [0.15, 0.2) is 61.3 Å². The van der Waals surface area contributed by atoms with E-state index in [1.54, 1.807) is 18.6 Å². The topological polar surface area (TPSA) is 104 Å². The first-order chi connectivity index (χ1) is 16.0. The van der Waals surface area contributed by atoms with Gasteiger partial charge in [-0.05, 0) is 44.2 Å². The number of nitrogens with one attached hydrogen (secondary N) is 1. The van der Waals surface area contributed by atoms with Crippen LogP contribution in [0, 0.1) is 0 Å². The summed E-state index contributed by atoms with van der Waals surface area (Å²) in [5.41, 5.74) is 9.16. The zero-order chi connectivity index (χ0) is 22.9. The molecule has 5 aromatic rings. The molecular weight excluding hydrogens is 438 g/mol. The summed E-state index contributed by atoms with van der Waals surface area (Å²) in [6.45, 7) is 4.51. The van der Waals surface area contributed by atoms with E-state index < -0.39 is 0 Å². The van der Waals surface area contributed by atoms with Crippen molar-refractivity contribution in [1.82, 2.24) is 24.5 Å². The Hall–Kier alpha value is -3.91. The number of aromatic nitrogens is 5. The molecule has 8 nitrogen and oxygen atoms in total. The molecule has 0 fully saturated rings. The van der Waals surface area contributed by atoms with E-state index in [-0.39, 0.29) is 0 Å². The Morgan fingerprint density at radius 3 is 2.82 bits per heavy atom. The maximum Gasteiger partial charge on any atom is 0.151 e. The van der Waals surface area contributed by atoms with E-state index in [9.17, 15) is 0 Å². The maximum absolute atomic E-state index is 6.36. The van der Waals surface area contributed by atoms with Crippen LogP contribution in [0.5, 0.6) is 5.75 Å². The van der Waals surface area contributed by atoms with Crippen molar-refractivity contribution >= 4 is 45.2 Å². The van der Waals surface area contributed by atoms with Crippen LogP contribution in [-0.2, 0) is 6.61 Å². The van der Waals surface area contributed by atoms with Crippen molar-refractivity contribution in [2.24, 2.45) is 0 Å². The van der Waals surface area contributed by atoms with Gasteiger partial charge in [0.05, 0.1) is 27.8 Å². The van der Waals surface area contributed by atoms with Crippen molar-refractivity contribution in [3.8, 4) is 11.4 Å². The fourth-order valence-corrected chi connectivity index (χ4v) is 3.93. The number of anilines is 2. The Labute approximate surface area is 195 Å². The summed E-state index contributed by atoms with van der Waals surface area (Å²) < 4.78 is 7.89. The first kappa shape index (κ1) is 21.0. The first-order valence-electron chi connectivity index (χ1n) is 10.5. The minimum Gasteiger partial charge on any atom is -0.489 e. The lowest BCUT2D eigenvalue weighted by atomic mass is 10.2. The van der Waals surface area contributed by atoms with Crippen LogP contribution in [0.4, 0.5) is 11.6 Å². The fraction of sp³-hybridized carbons (Fsp3) is 0.167. The molecule has 3 N–H and O–H groups in total. The normalized spacial score (nSPS) is 11.4. The van der Waals surface area contributed by atoms with Gasteiger partial charge in [0.2, 0.25) is 0 Å². The van der Waals surface area contributed by atoms with Gasteiger partial charge in [0, 0.05) is 35.5 Å². The van der Waals surface area contributed by atoms with Gasteiger partial charge in [0.25, 0.3) is 0 Å². The molecule has 0 aliphatic carbocycles.